The molecular weight excluding hydrogens is 322 g/mol. The Kier molecular flexibility index (Phi) is 3.13. The SMILES string of the molecule is O=C(NCC12CC3CC(CC(C3)C1)C2)c1cccc2nc(C3CC3)cn12. The third-order valence-electron chi connectivity index (χ3n) is 7.53. The number of fused-ring (bicyclic) bond motifs is 1. The molecule has 5 aliphatic rings. The summed E-state index contributed by atoms with van der Waals surface area (Å²) in [6.07, 6.45) is 12.9. The van der Waals surface area contributed by atoms with Crippen LogP contribution >= 0.6 is 0 Å². The Morgan fingerprint density at radius 1 is 1.12 bits per heavy atom. The number of hydrogen-bond donors (Lipinski definition) is 1. The quantitative estimate of drug-likeness (QED) is 0.901. The van der Waals surface area contributed by atoms with Gasteiger partial charge in [0, 0.05) is 18.7 Å². The third-order valence-corrected chi connectivity index (χ3v) is 7.53. The maximum absolute atomic E-state index is 13.0. The molecule has 0 aromatic carbocycles. The van der Waals surface area contributed by atoms with Crippen LogP contribution in [0.3, 0.4) is 0 Å². The maximum atomic E-state index is 13.0. The second kappa shape index (κ2) is 5.34. The molecule has 2 aromatic heterocycles. The van der Waals surface area contributed by atoms with Crippen LogP contribution in [0.2, 0.25) is 0 Å². The van der Waals surface area contributed by atoms with Gasteiger partial charge in [-0.2, -0.15) is 0 Å². The predicted octanol–water partition coefficient (Wildman–Crippen LogP) is 4.16. The van der Waals surface area contributed by atoms with Gasteiger partial charge in [0.1, 0.15) is 11.3 Å². The lowest BCUT2D eigenvalue weighted by Crippen LogP contribution is -2.51. The molecule has 0 aliphatic heterocycles. The van der Waals surface area contributed by atoms with Crippen LogP contribution in [-0.4, -0.2) is 21.8 Å². The lowest BCUT2D eigenvalue weighted by Gasteiger charge is -2.56. The largest absolute Gasteiger partial charge is 0.350 e. The Morgan fingerprint density at radius 2 is 1.81 bits per heavy atom. The minimum Gasteiger partial charge on any atom is -0.350 e. The molecule has 7 rings (SSSR count). The molecule has 4 bridgehead atoms. The molecule has 5 fully saturated rings. The number of imidazole rings is 1. The van der Waals surface area contributed by atoms with Gasteiger partial charge >= 0.3 is 0 Å². The summed E-state index contributed by atoms with van der Waals surface area (Å²) in [5, 5.41) is 3.31. The fourth-order valence-corrected chi connectivity index (χ4v) is 6.66. The molecule has 2 heterocycles. The van der Waals surface area contributed by atoms with E-state index in [1.165, 1.54) is 51.4 Å². The number of aromatic nitrogens is 2. The normalized spacial score (nSPS) is 35.2. The molecule has 2 aromatic rings. The van der Waals surface area contributed by atoms with Gasteiger partial charge in [-0.25, -0.2) is 4.98 Å². The average molecular weight is 349 g/mol. The fourth-order valence-electron chi connectivity index (χ4n) is 6.66. The second-order valence-electron chi connectivity index (χ2n) is 9.68. The van der Waals surface area contributed by atoms with Crippen LogP contribution in [0.1, 0.15) is 73.5 Å². The van der Waals surface area contributed by atoms with Crippen LogP contribution in [0.25, 0.3) is 5.65 Å². The van der Waals surface area contributed by atoms with E-state index in [0.29, 0.717) is 11.3 Å². The van der Waals surface area contributed by atoms with Crippen molar-refractivity contribution in [1.29, 1.82) is 0 Å². The average Bonchev–Trinajstić information content (AvgIpc) is 3.37. The number of carbonyl (C=O) groups excluding carboxylic acids is 1. The molecule has 4 heteroatoms. The van der Waals surface area contributed by atoms with Crippen LogP contribution in [0.5, 0.6) is 0 Å². The monoisotopic (exact) mass is 349 g/mol. The highest BCUT2D eigenvalue weighted by atomic mass is 16.1. The summed E-state index contributed by atoms with van der Waals surface area (Å²) in [6, 6.07) is 5.89. The van der Waals surface area contributed by atoms with Crippen molar-refractivity contribution in [1.82, 2.24) is 14.7 Å². The van der Waals surface area contributed by atoms with Gasteiger partial charge in [0.2, 0.25) is 0 Å². The first-order chi connectivity index (χ1) is 12.7. The van der Waals surface area contributed by atoms with Crippen molar-refractivity contribution in [2.45, 2.75) is 57.3 Å². The minimum absolute atomic E-state index is 0.0612. The van der Waals surface area contributed by atoms with Crippen LogP contribution in [0.15, 0.2) is 24.4 Å². The highest BCUT2D eigenvalue weighted by Gasteiger charge is 2.50. The van der Waals surface area contributed by atoms with E-state index < -0.39 is 0 Å². The zero-order valence-electron chi connectivity index (χ0n) is 15.3. The van der Waals surface area contributed by atoms with E-state index in [1.807, 2.05) is 22.6 Å². The molecular formula is C22H27N3O. The van der Waals surface area contributed by atoms with Gasteiger partial charge in [0.15, 0.2) is 0 Å². The van der Waals surface area contributed by atoms with Crippen molar-refractivity contribution >= 4 is 11.6 Å². The molecule has 0 radical (unpaired) electrons. The number of pyridine rings is 1. The highest BCUT2D eigenvalue weighted by molar-refractivity contribution is 5.93. The minimum atomic E-state index is 0.0612. The standard InChI is InChI=1S/C22H27N3O/c26-21(19-2-1-3-20-24-18(12-25(19)20)17-4-5-17)23-13-22-9-14-6-15(10-22)8-16(7-14)11-22/h1-3,12,14-17H,4-11,13H2,(H,23,26). The summed E-state index contributed by atoms with van der Waals surface area (Å²) in [5.41, 5.74) is 3.15. The smallest absolute Gasteiger partial charge is 0.268 e. The summed E-state index contributed by atoms with van der Waals surface area (Å²) < 4.78 is 1.99. The summed E-state index contributed by atoms with van der Waals surface area (Å²) in [5.74, 6) is 3.45. The summed E-state index contributed by atoms with van der Waals surface area (Å²) in [4.78, 5) is 17.7. The van der Waals surface area contributed by atoms with Crippen molar-refractivity contribution in [3.8, 4) is 0 Å². The van der Waals surface area contributed by atoms with E-state index in [2.05, 4.69) is 11.5 Å². The molecule has 5 aliphatic carbocycles. The first-order valence-electron chi connectivity index (χ1n) is 10.4. The van der Waals surface area contributed by atoms with Gasteiger partial charge in [0.25, 0.3) is 5.91 Å². The molecule has 0 saturated heterocycles. The molecule has 1 amide bonds. The van der Waals surface area contributed by atoms with Gasteiger partial charge in [-0.15, -0.1) is 0 Å². The van der Waals surface area contributed by atoms with Crippen LogP contribution in [0, 0.1) is 23.2 Å². The summed E-state index contributed by atoms with van der Waals surface area (Å²) in [7, 11) is 0. The molecule has 0 spiro atoms. The lowest BCUT2D eigenvalue weighted by molar-refractivity contribution is -0.0503. The third kappa shape index (κ3) is 2.41. The van der Waals surface area contributed by atoms with Crippen LogP contribution < -0.4 is 5.32 Å². The highest BCUT2D eigenvalue weighted by Crippen LogP contribution is 2.59. The Labute approximate surface area is 154 Å². The molecule has 4 nitrogen and oxygen atoms in total. The van der Waals surface area contributed by atoms with E-state index in [0.717, 1.165) is 41.3 Å². The van der Waals surface area contributed by atoms with E-state index in [4.69, 9.17) is 4.98 Å². The summed E-state index contributed by atoms with van der Waals surface area (Å²) in [6.45, 7) is 0.857. The van der Waals surface area contributed by atoms with Crippen molar-refractivity contribution in [3.63, 3.8) is 0 Å². The molecule has 136 valence electrons. The Balaban J connectivity index is 1.23. The first kappa shape index (κ1) is 15.2. The van der Waals surface area contributed by atoms with Crippen LogP contribution in [-0.2, 0) is 0 Å². The fraction of sp³-hybridized carbons (Fsp3) is 0.636. The van der Waals surface area contributed by atoms with Crippen molar-refractivity contribution < 1.29 is 4.79 Å². The molecule has 26 heavy (non-hydrogen) atoms. The summed E-state index contributed by atoms with van der Waals surface area (Å²) >= 11 is 0. The predicted molar refractivity (Wildman–Crippen MR) is 100 cm³/mol. The number of nitrogens with one attached hydrogen (secondary N) is 1. The Bertz CT molecular complexity index is 843. The van der Waals surface area contributed by atoms with Gasteiger partial charge in [0.05, 0.1) is 5.69 Å². The van der Waals surface area contributed by atoms with Crippen LogP contribution in [0.4, 0.5) is 0 Å². The molecule has 0 unspecified atom stereocenters. The van der Waals surface area contributed by atoms with Gasteiger partial charge in [-0.3, -0.25) is 9.20 Å². The van der Waals surface area contributed by atoms with E-state index >= 15 is 0 Å². The zero-order valence-corrected chi connectivity index (χ0v) is 15.3. The van der Waals surface area contributed by atoms with Crippen molar-refractivity contribution in [2.75, 3.05) is 6.54 Å². The molecule has 1 N–H and O–H groups in total. The first-order valence-corrected chi connectivity index (χ1v) is 10.4. The topological polar surface area (TPSA) is 46.4 Å². The van der Waals surface area contributed by atoms with Gasteiger partial charge in [-0.05, 0) is 86.7 Å². The number of carbonyl (C=O) groups is 1. The van der Waals surface area contributed by atoms with Crippen molar-refractivity contribution in [3.05, 3.63) is 35.8 Å². The van der Waals surface area contributed by atoms with Gasteiger partial charge < -0.3 is 5.32 Å². The maximum Gasteiger partial charge on any atom is 0.268 e. The number of rotatable bonds is 4. The lowest BCUT2D eigenvalue weighted by atomic mass is 9.49. The second-order valence-corrected chi connectivity index (χ2v) is 9.68. The van der Waals surface area contributed by atoms with E-state index in [9.17, 15) is 4.79 Å². The Hall–Kier alpha value is -1.84. The Morgan fingerprint density at radius 3 is 2.46 bits per heavy atom. The van der Waals surface area contributed by atoms with E-state index in [-0.39, 0.29) is 5.91 Å². The molecule has 5 saturated carbocycles. The molecule has 0 atom stereocenters. The number of amides is 1. The number of hydrogen-bond acceptors (Lipinski definition) is 2. The van der Waals surface area contributed by atoms with Crippen molar-refractivity contribution in [2.24, 2.45) is 23.2 Å². The zero-order chi connectivity index (χ0) is 17.3. The number of nitrogens with zero attached hydrogens (tertiary/aromatic N) is 2. The van der Waals surface area contributed by atoms with Gasteiger partial charge in [-0.1, -0.05) is 6.07 Å². The van der Waals surface area contributed by atoms with E-state index in [1.54, 1.807) is 0 Å².